The van der Waals surface area contributed by atoms with Crippen molar-refractivity contribution in [2.75, 3.05) is 43.9 Å². The number of likely N-dealkylation sites (N-methyl/N-ethyl adjacent to an activating group) is 1. The summed E-state index contributed by atoms with van der Waals surface area (Å²) in [7, 11) is 2.14. The van der Waals surface area contributed by atoms with Gasteiger partial charge in [-0.3, -0.25) is 0 Å². The Hall–Kier alpha value is -1.62. The van der Waals surface area contributed by atoms with E-state index in [9.17, 15) is 0 Å². The summed E-state index contributed by atoms with van der Waals surface area (Å²) in [5.41, 5.74) is 8.18. The minimum absolute atomic E-state index is 0.388. The van der Waals surface area contributed by atoms with E-state index in [0.717, 1.165) is 44.1 Å². The van der Waals surface area contributed by atoms with Gasteiger partial charge in [-0.05, 0) is 31.9 Å². The smallest absolute Gasteiger partial charge is 0.222 e. The molecule has 0 radical (unpaired) electrons. The minimum atomic E-state index is 0.388. The first kappa shape index (κ1) is 12.4. The van der Waals surface area contributed by atoms with Crippen LogP contribution in [0, 0.1) is 0 Å². The van der Waals surface area contributed by atoms with E-state index < -0.39 is 0 Å². The van der Waals surface area contributed by atoms with E-state index in [0.29, 0.717) is 5.95 Å². The summed E-state index contributed by atoms with van der Waals surface area (Å²) in [6, 6.07) is 2.10. The van der Waals surface area contributed by atoms with E-state index in [-0.39, 0.29) is 0 Å². The Morgan fingerprint density at radius 2 is 1.95 bits per heavy atom. The molecule has 0 saturated carbocycles. The van der Waals surface area contributed by atoms with Gasteiger partial charge in [-0.15, -0.1) is 0 Å². The van der Waals surface area contributed by atoms with Crippen LogP contribution >= 0.6 is 0 Å². The van der Waals surface area contributed by atoms with E-state index >= 15 is 0 Å². The summed E-state index contributed by atoms with van der Waals surface area (Å²) in [6.45, 7) is 4.22. The molecule has 0 unspecified atom stereocenters. The Labute approximate surface area is 114 Å². The number of aromatic nitrogens is 2. The fourth-order valence-electron chi connectivity index (χ4n) is 2.73. The van der Waals surface area contributed by atoms with Crippen LogP contribution in [0.25, 0.3) is 5.57 Å². The molecule has 5 nitrogen and oxygen atoms in total. The second-order valence-electron chi connectivity index (χ2n) is 5.41. The monoisotopic (exact) mass is 259 g/mol. The number of hydrogen-bond acceptors (Lipinski definition) is 5. The highest BCUT2D eigenvalue weighted by Crippen LogP contribution is 2.25. The molecule has 2 aliphatic heterocycles. The van der Waals surface area contributed by atoms with Crippen LogP contribution in [-0.2, 0) is 0 Å². The lowest BCUT2D eigenvalue weighted by Gasteiger charge is -2.23. The molecule has 2 N–H and O–H groups in total. The number of hydrogen-bond donors (Lipinski definition) is 1. The molecule has 1 fully saturated rings. The summed E-state index contributed by atoms with van der Waals surface area (Å²) in [5, 5.41) is 0. The summed E-state index contributed by atoms with van der Waals surface area (Å²) in [6.07, 6.45) is 5.77. The number of anilines is 2. The third-order valence-electron chi connectivity index (χ3n) is 3.90. The second kappa shape index (κ2) is 5.17. The molecule has 19 heavy (non-hydrogen) atoms. The van der Waals surface area contributed by atoms with Gasteiger partial charge in [0, 0.05) is 32.2 Å². The van der Waals surface area contributed by atoms with Crippen LogP contribution < -0.4 is 10.6 Å². The van der Waals surface area contributed by atoms with Crippen molar-refractivity contribution in [2.45, 2.75) is 19.3 Å². The van der Waals surface area contributed by atoms with Gasteiger partial charge < -0.3 is 15.5 Å². The van der Waals surface area contributed by atoms with Gasteiger partial charge in [0.05, 0.1) is 5.69 Å². The molecule has 3 rings (SSSR count). The van der Waals surface area contributed by atoms with Gasteiger partial charge in [-0.1, -0.05) is 6.08 Å². The van der Waals surface area contributed by atoms with Crippen LogP contribution in [0.5, 0.6) is 0 Å². The molecule has 1 aromatic rings. The summed E-state index contributed by atoms with van der Waals surface area (Å²) < 4.78 is 0. The molecule has 0 aliphatic carbocycles. The van der Waals surface area contributed by atoms with Crippen molar-refractivity contribution in [3.63, 3.8) is 0 Å². The molecule has 0 spiro atoms. The number of nitrogen functional groups attached to an aromatic ring is 1. The van der Waals surface area contributed by atoms with Crippen LogP contribution in [0.2, 0.25) is 0 Å². The van der Waals surface area contributed by atoms with Gasteiger partial charge in [0.25, 0.3) is 0 Å². The third kappa shape index (κ3) is 2.71. The first-order valence-corrected chi connectivity index (χ1v) is 7.00. The van der Waals surface area contributed by atoms with Crippen LogP contribution in [0.4, 0.5) is 11.8 Å². The van der Waals surface area contributed by atoms with Gasteiger partial charge in [0.1, 0.15) is 5.82 Å². The van der Waals surface area contributed by atoms with Crippen LogP contribution in [0.15, 0.2) is 12.1 Å². The average molecular weight is 259 g/mol. The molecular formula is C14H21N5. The Balaban J connectivity index is 1.89. The number of nitrogens with zero attached hydrogens (tertiary/aromatic N) is 4. The van der Waals surface area contributed by atoms with Gasteiger partial charge in [0.2, 0.25) is 5.95 Å². The first-order chi connectivity index (χ1) is 9.22. The average Bonchev–Trinajstić information content (AvgIpc) is 2.93. The Bertz CT molecular complexity index is 491. The highest BCUT2D eigenvalue weighted by atomic mass is 15.2. The fraction of sp³-hybridized carbons (Fsp3) is 0.571. The largest absolute Gasteiger partial charge is 0.368 e. The maximum Gasteiger partial charge on any atom is 0.222 e. The van der Waals surface area contributed by atoms with Crippen LogP contribution in [-0.4, -0.2) is 48.1 Å². The molecule has 0 aromatic carbocycles. The topological polar surface area (TPSA) is 58.3 Å². The van der Waals surface area contributed by atoms with Gasteiger partial charge in [0.15, 0.2) is 0 Å². The molecule has 0 amide bonds. The normalized spacial score (nSPS) is 20.7. The minimum Gasteiger partial charge on any atom is -0.368 e. The summed E-state index contributed by atoms with van der Waals surface area (Å²) in [5.74, 6) is 1.37. The van der Waals surface area contributed by atoms with Gasteiger partial charge in [-0.25, -0.2) is 4.98 Å². The van der Waals surface area contributed by atoms with Crippen molar-refractivity contribution in [3.05, 3.63) is 17.8 Å². The van der Waals surface area contributed by atoms with Crippen molar-refractivity contribution in [1.82, 2.24) is 14.9 Å². The number of nitrogens with two attached hydrogens (primary N) is 1. The predicted octanol–water partition coefficient (Wildman–Crippen LogP) is 1.38. The fourth-order valence-corrected chi connectivity index (χ4v) is 2.73. The lowest BCUT2D eigenvalue weighted by molar-refractivity contribution is 0.370. The van der Waals surface area contributed by atoms with Crippen LogP contribution in [0.3, 0.4) is 0 Å². The number of rotatable bonds is 2. The van der Waals surface area contributed by atoms with Crippen molar-refractivity contribution >= 4 is 17.3 Å². The Kier molecular flexibility index (Phi) is 3.38. The van der Waals surface area contributed by atoms with Crippen molar-refractivity contribution in [2.24, 2.45) is 0 Å². The molecule has 0 atom stereocenters. The van der Waals surface area contributed by atoms with Gasteiger partial charge in [-0.2, -0.15) is 4.98 Å². The first-order valence-electron chi connectivity index (χ1n) is 7.00. The Morgan fingerprint density at radius 3 is 2.63 bits per heavy atom. The summed E-state index contributed by atoms with van der Waals surface area (Å²) >= 11 is 0. The highest BCUT2D eigenvalue weighted by molar-refractivity contribution is 5.67. The van der Waals surface area contributed by atoms with Crippen molar-refractivity contribution < 1.29 is 0 Å². The van der Waals surface area contributed by atoms with Crippen molar-refractivity contribution in [1.29, 1.82) is 0 Å². The molecule has 5 heteroatoms. The zero-order chi connectivity index (χ0) is 13.2. The maximum atomic E-state index is 5.87. The lowest BCUT2D eigenvalue weighted by Crippen LogP contribution is -2.24. The quantitative estimate of drug-likeness (QED) is 0.869. The SMILES string of the molecule is CN1CC=C(c2cc(N3CCCC3)nc(N)n2)CC1. The predicted molar refractivity (Wildman–Crippen MR) is 78.0 cm³/mol. The van der Waals surface area contributed by atoms with E-state index in [4.69, 9.17) is 5.73 Å². The molecule has 102 valence electrons. The third-order valence-corrected chi connectivity index (χ3v) is 3.90. The van der Waals surface area contributed by atoms with E-state index in [1.807, 2.05) is 0 Å². The Morgan fingerprint density at radius 1 is 1.16 bits per heavy atom. The van der Waals surface area contributed by atoms with Crippen molar-refractivity contribution in [3.8, 4) is 0 Å². The zero-order valence-corrected chi connectivity index (χ0v) is 11.5. The van der Waals surface area contributed by atoms with E-state index in [1.54, 1.807) is 0 Å². The lowest BCUT2D eigenvalue weighted by atomic mass is 10.0. The van der Waals surface area contributed by atoms with E-state index in [1.165, 1.54) is 18.4 Å². The molecule has 1 aromatic heterocycles. The standard InChI is InChI=1S/C14H21N5/c1-18-8-4-11(5-9-18)12-10-13(17-14(15)16-12)19-6-2-3-7-19/h4,10H,2-3,5-9H2,1H3,(H2,15,16,17). The molecular weight excluding hydrogens is 238 g/mol. The van der Waals surface area contributed by atoms with E-state index in [2.05, 4.69) is 39.0 Å². The molecule has 3 heterocycles. The molecule has 1 saturated heterocycles. The van der Waals surface area contributed by atoms with Gasteiger partial charge >= 0.3 is 0 Å². The maximum absolute atomic E-state index is 5.87. The van der Waals surface area contributed by atoms with Crippen LogP contribution in [0.1, 0.15) is 25.0 Å². The summed E-state index contributed by atoms with van der Waals surface area (Å²) in [4.78, 5) is 13.4. The molecule has 2 aliphatic rings. The molecule has 0 bridgehead atoms. The second-order valence-corrected chi connectivity index (χ2v) is 5.41. The highest BCUT2D eigenvalue weighted by Gasteiger charge is 2.17. The zero-order valence-electron chi connectivity index (χ0n) is 11.5.